The summed E-state index contributed by atoms with van der Waals surface area (Å²) < 4.78 is 1.73. The summed E-state index contributed by atoms with van der Waals surface area (Å²) >= 11 is 6.02. The van der Waals surface area contributed by atoms with Crippen LogP contribution < -0.4 is 0 Å². The minimum atomic E-state index is -0.445. The van der Waals surface area contributed by atoms with Gasteiger partial charge < -0.3 is 5.11 Å². The number of aliphatic hydroxyl groups is 1. The summed E-state index contributed by atoms with van der Waals surface area (Å²) in [7, 11) is 0. The fourth-order valence-electron chi connectivity index (χ4n) is 9.34. The quantitative estimate of drug-likeness (QED) is 0.735. The molecule has 1 aromatic rings. The smallest absolute Gasteiger partial charge is 0.158 e. The molecule has 164 valence electrons. The van der Waals surface area contributed by atoms with Crippen LogP contribution in [0.25, 0.3) is 0 Å². The number of ketones is 1. The summed E-state index contributed by atoms with van der Waals surface area (Å²) in [6, 6.07) is 0. The van der Waals surface area contributed by atoms with Crippen LogP contribution in [0.5, 0.6) is 0 Å². The zero-order valence-electron chi connectivity index (χ0n) is 18.3. The summed E-state index contributed by atoms with van der Waals surface area (Å²) in [5.41, 5.74) is -0.269. The van der Waals surface area contributed by atoms with E-state index in [1.807, 2.05) is 6.92 Å². The molecule has 5 heteroatoms. The van der Waals surface area contributed by atoms with Crippen molar-refractivity contribution in [2.45, 2.75) is 77.4 Å². The van der Waals surface area contributed by atoms with Gasteiger partial charge in [0.2, 0.25) is 0 Å². The van der Waals surface area contributed by atoms with E-state index in [0.29, 0.717) is 23.3 Å². The van der Waals surface area contributed by atoms with Crippen molar-refractivity contribution in [3.63, 3.8) is 0 Å². The standard InChI is InChI=1S/C25H35ClN2O2/c1-24(30)7-5-16-14(10-24)3-4-18-17(16)6-8-25(2)22(18)19-9-20(19)23(25)21(29)13-28-12-15(26)11-27-28/h11-12,14,16-20,22-23,30H,3-10,13H2,1-2H3/t14-,16+,17?,18-,19-,20+,22?,23-,24-,25+/m1/s1. The van der Waals surface area contributed by atoms with E-state index in [9.17, 15) is 9.90 Å². The molecule has 1 N–H and O–H groups in total. The molecule has 6 rings (SSSR count). The number of rotatable bonds is 3. The topological polar surface area (TPSA) is 55.1 Å². The van der Waals surface area contributed by atoms with Gasteiger partial charge in [0, 0.05) is 12.1 Å². The normalized spacial score (nSPS) is 51.5. The molecule has 0 spiro atoms. The van der Waals surface area contributed by atoms with Crippen LogP contribution in [0.15, 0.2) is 12.4 Å². The predicted octanol–water partition coefficient (Wildman–Crippen LogP) is 4.98. The Hall–Kier alpha value is -0.870. The third kappa shape index (κ3) is 2.88. The van der Waals surface area contributed by atoms with Crippen molar-refractivity contribution in [2.24, 2.45) is 52.8 Å². The lowest BCUT2D eigenvalue weighted by molar-refractivity contribution is -0.136. The molecular weight excluding hydrogens is 396 g/mol. The highest BCUT2D eigenvalue weighted by Gasteiger charge is 2.70. The summed E-state index contributed by atoms with van der Waals surface area (Å²) in [4.78, 5) is 13.4. The van der Waals surface area contributed by atoms with Crippen molar-refractivity contribution in [1.29, 1.82) is 0 Å². The van der Waals surface area contributed by atoms with Crippen LogP contribution >= 0.6 is 11.6 Å². The van der Waals surface area contributed by atoms with E-state index in [0.717, 1.165) is 48.3 Å². The molecule has 5 aliphatic carbocycles. The molecule has 5 saturated carbocycles. The lowest BCUT2D eigenvalue weighted by Gasteiger charge is -2.57. The Morgan fingerprint density at radius 3 is 2.70 bits per heavy atom. The Morgan fingerprint density at radius 2 is 1.93 bits per heavy atom. The molecule has 0 amide bonds. The second-order valence-electron chi connectivity index (χ2n) is 12.0. The van der Waals surface area contributed by atoms with Crippen LogP contribution in [0.3, 0.4) is 0 Å². The zero-order valence-corrected chi connectivity index (χ0v) is 19.0. The molecule has 0 aromatic carbocycles. The number of Topliss-reactive ketones (excluding diaryl/α,β-unsaturated/α-hetero) is 1. The van der Waals surface area contributed by atoms with Gasteiger partial charge in [-0.15, -0.1) is 0 Å². The molecular formula is C25H35ClN2O2. The molecule has 2 unspecified atom stereocenters. The van der Waals surface area contributed by atoms with Crippen molar-refractivity contribution >= 4 is 17.4 Å². The molecule has 0 bridgehead atoms. The Morgan fingerprint density at radius 1 is 1.13 bits per heavy atom. The van der Waals surface area contributed by atoms with Gasteiger partial charge in [-0.1, -0.05) is 18.5 Å². The highest BCUT2D eigenvalue weighted by Crippen LogP contribution is 2.74. The van der Waals surface area contributed by atoms with Crippen molar-refractivity contribution in [1.82, 2.24) is 9.78 Å². The predicted molar refractivity (Wildman–Crippen MR) is 116 cm³/mol. The first-order valence-corrected chi connectivity index (χ1v) is 12.6. The minimum Gasteiger partial charge on any atom is -0.390 e. The van der Waals surface area contributed by atoms with Gasteiger partial charge in [0.15, 0.2) is 5.78 Å². The first kappa shape index (κ1) is 19.8. The molecule has 1 heterocycles. The molecule has 10 atom stereocenters. The average Bonchev–Trinajstić information content (AvgIpc) is 3.23. The lowest BCUT2D eigenvalue weighted by atomic mass is 9.48. The van der Waals surface area contributed by atoms with E-state index >= 15 is 0 Å². The molecule has 30 heavy (non-hydrogen) atoms. The van der Waals surface area contributed by atoms with Gasteiger partial charge in [0.05, 0.1) is 23.4 Å². The van der Waals surface area contributed by atoms with E-state index in [-0.39, 0.29) is 11.3 Å². The average molecular weight is 431 g/mol. The van der Waals surface area contributed by atoms with E-state index in [1.165, 1.54) is 38.5 Å². The van der Waals surface area contributed by atoms with Crippen molar-refractivity contribution < 1.29 is 9.90 Å². The van der Waals surface area contributed by atoms with Crippen LogP contribution in [-0.4, -0.2) is 26.3 Å². The molecule has 0 saturated heterocycles. The molecule has 0 aliphatic heterocycles. The van der Waals surface area contributed by atoms with Crippen molar-refractivity contribution in [2.75, 3.05) is 0 Å². The number of hydrogen-bond acceptors (Lipinski definition) is 3. The molecule has 4 nitrogen and oxygen atoms in total. The molecule has 5 fully saturated rings. The van der Waals surface area contributed by atoms with E-state index in [1.54, 1.807) is 17.1 Å². The summed E-state index contributed by atoms with van der Waals surface area (Å²) in [5, 5.41) is 15.5. The maximum atomic E-state index is 13.4. The van der Waals surface area contributed by atoms with Crippen LogP contribution in [0.2, 0.25) is 5.02 Å². The highest BCUT2D eigenvalue weighted by atomic mass is 35.5. The number of hydrogen-bond donors (Lipinski definition) is 1. The highest BCUT2D eigenvalue weighted by molar-refractivity contribution is 6.30. The van der Waals surface area contributed by atoms with Gasteiger partial charge in [-0.3, -0.25) is 9.48 Å². The Bertz CT molecular complexity index is 865. The Labute approximate surface area is 184 Å². The van der Waals surface area contributed by atoms with Gasteiger partial charge in [0.25, 0.3) is 0 Å². The van der Waals surface area contributed by atoms with E-state index in [2.05, 4.69) is 12.0 Å². The maximum Gasteiger partial charge on any atom is 0.158 e. The Kier molecular flexibility index (Phi) is 4.33. The zero-order chi connectivity index (χ0) is 20.8. The molecule has 5 aliphatic rings. The summed E-state index contributed by atoms with van der Waals surface area (Å²) in [6.07, 6.45) is 13.0. The Balaban J connectivity index is 1.23. The van der Waals surface area contributed by atoms with Gasteiger partial charge in [-0.2, -0.15) is 5.10 Å². The number of fused-ring (bicyclic) bond motifs is 7. The van der Waals surface area contributed by atoms with Crippen LogP contribution in [0.4, 0.5) is 0 Å². The number of halogens is 1. The third-order valence-electron chi connectivity index (χ3n) is 10.3. The maximum absolute atomic E-state index is 13.4. The van der Waals surface area contributed by atoms with Crippen LogP contribution in [0, 0.1) is 52.8 Å². The molecule has 1 aromatic heterocycles. The summed E-state index contributed by atoms with van der Waals surface area (Å²) in [6.45, 7) is 4.87. The number of nitrogens with zero attached hydrogens (tertiary/aromatic N) is 2. The van der Waals surface area contributed by atoms with Crippen LogP contribution in [-0.2, 0) is 11.3 Å². The first-order chi connectivity index (χ1) is 14.3. The fraction of sp³-hybridized carbons (Fsp3) is 0.840. The van der Waals surface area contributed by atoms with Gasteiger partial charge in [0.1, 0.15) is 0 Å². The minimum absolute atomic E-state index is 0.176. The largest absolute Gasteiger partial charge is 0.390 e. The van der Waals surface area contributed by atoms with Gasteiger partial charge >= 0.3 is 0 Å². The van der Waals surface area contributed by atoms with Gasteiger partial charge in [-0.05, 0) is 105 Å². The third-order valence-corrected chi connectivity index (χ3v) is 10.5. The first-order valence-electron chi connectivity index (χ1n) is 12.2. The number of carbonyl (C=O) groups is 1. The lowest BCUT2D eigenvalue weighted by Crippen LogP contribution is -2.52. The second kappa shape index (κ2) is 6.57. The number of carbonyl (C=O) groups excluding carboxylic acids is 1. The van der Waals surface area contributed by atoms with Crippen molar-refractivity contribution in [3.8, 4) is 0 Å². The second-order valence-corrected chi connectivity index (χ2v) is 12.4. The fourth-order valence-corrected chi connectivity index (χ4v) is 9.49. The number of aromatic nitrogens is 2. The van der Waals surface area contributed by atoms with Crippen LogP contribution in [0.1, 0.15) is 65.2 Å². The summed E-state index contributed by atoms with van der Waals surface area (Å²) in [5.74, 6) is 5.89. The van der Waals surface area contributed by atoms with Gasteiger partial charge in [-0.25, -0.2) is 0 Å². The SMILES string of the molecule is C[C@@]1(O)CC[C@@H]2C3CC[C@@]4(C)C([C@@H]3CC[C@@H]2C1)[C@@H]1C[C@@H]1[C@@H]4C(=O)Cn1cc(Cl)cn1. The van der Waals surface area contributed by atoms with E-state index in [4.69, 9.17) is 11.6 Å². The molecule has 0 radical (unpaired) electrons. The van der Waals surface area contributed by atoms with E-state index < -0.39 is 5.60 Å². The van der Waals surface area contributed by atoms with Crippen molar-refractivity contribution in [3.05, 3.63) is 17.4 Å². The monoisotopic (exact) mass is 430 g/mol.